The second kappa shape index (κ2) is 5.05. The predicted octanol–water partition coefficient (Wildman–Crippen LogP) is 2.73. The fourth-order valence-electron chi connectivity index (χ4n) is 3.99. The van der Waals surface area contributed by atoms with Gasteiger partial charge in [0.2, 0.25) is 0 Å². The fraction of sp³-hybridized carbons (Fsp3) is 0.647. The van der Waals surface area contributed by atoms with E-state index >= 15 is 0 Å². The first-order chi connectivity index (χ1) is 9.56. The lowest BCUT2D eigenvalue weighted by atomic mass is 9.78. The summed E-state index contributed by atoms with van der Waals surface area (Å²) in [5.41, 5.74) is 9.08. The van der Waals surface area contributed by atoms with Gasteiger partial charge in [-0.3, -0.25) is 0 Å². The number of nitrogens with zero attached hydrogens (tertiary/aromatic N) is 1. The molecule has 0 spiro atoms. The molecular formula is C17H26N2O. The summed E-state index contributed by atoms with van der Waals surface area (Å²) in [6.45, 7) is 7.00. The van der Waals surface area contributed by atoms with E-state index in [0.717, 1.165) is 26.0 Å². The van der Waals surface area contributed by atoms with E-state index in [1.807, 2.05) is 0 Å². The van der Waals surface area contributed by atoms with E-state index < -0.39 is 0 Å². The van der Waals surface area contributed by atoms with Gasteiger partial charge in [-0.1, -0.05) is 18.2 Å². The van der Waals surface area contributed by atoms with Gasteiger partial charge in [-0.2, -0.15) is 0 Å². The highest BCUT2D eigenvalue weighted by atomic mass is 16.5. The number of fused-ring (bicyclic) bond motifs is 1. The number of benzene rings is 1. The van der Waals surface area contributed by atoms with E-state index in [1.165, 1.54) is 24.1 Å². The molecule has 1 unspecified atom stereocenters. The molecule has 0 aromatic heterocycles. The van der Waals surface area contributed by atoms with Crippen molar-refractivity contribution in [3.05, 3.63) is 29.8 Å². The molecule has 0 amide bonds. The van der Waals surface area contributed by atoms with Crippen LogP contribution in [-0.4, -0.2) is 30.8 Å². The van der Waals surface area contributed by atoms with Crippen LogP contribution in [0.25, 0.3) is 0 Å². The monoisotopic (exact) mass is 274 g/mol. The second-order valence-electron chi connectivity index (χ2n) is 6.85. The summed E-state index contributed by atoms with van der Waals surface area (Å²) in [6, 6.07) is 8.81. The minimum atomic E-state index is -0.0794. The molecule has 2 aliphatic rings. The lowest BCUT2D eigenvalue weighted by molar-refractivity contribution is -0.0796. The smallest absolute Gasteiger partial charge is 0.0649 e. The summed E-state index contributed by atoms with van der Waals surface area (Å²) < 4.78 is 5.92. The van der Waals surface area contributed by atoms with Gasteiger partial charge in [0.1, 0.15) is 0 Å². The number of para-hydroxylation sites is 1. The Morgan fingerprint density at radius 1 is 1.30 bits per heavy atom. The molecule has 3 rings (SSSR count). The minimum absolute atomic E-state index is 0.0538. The van der Waals surface area contributed by atoms with Crippen LogP contribution < -0.4 is 10.6 Å². The molecule has 20 heavy (non-hydrogen) atoms. The highest BCUT2D eigenvalue weighted by Crippen LogP contribution is 2.41. The van der Waals surface area contributed by atoms with Crippen molar-refractivity contribution in [1.82, 2.24) is 0 Å². The number of rotatable bonds is 2. The third-order valence-corrected chi connectivity index (χ3v) is 4.88. The van der Waals surface area contributed by atoms with Crippen molar-refractivity contribution in [2.45, 2.75) is 50.7 Å². The first kappa shape index (κ1) is 13.9. The molecule has 1 atom stereocenters. The molecule has 0 bridgehead atoms. The van der Waals surface area contributed by atoms with Crippen LogP contribution in [0.5, 0.6) is 0 Å². The fourth-order valence-corrected chi connectivity index (χ4v) is 3.99. The zero-order chi connectivity index (χ0) is 14.2. The van der Waals surface area contributed by atoms with E-state index in [1.54, 1.807) is 0 Å². The third kappa shape index (κ3) is 2.33. The third-order valence-electron chi connectivity index (χ3n) is 4.88. The molecule has 1 aromatic rings. The first-order valence-corrected chi connectivity index (χ1v) is 7.76. The van der Waals surface area contributed by atoms with Gasteiger partial charge < -0.3 is 15.4 Å². The van der Waals surface area contributed by atoms with Crippen LogP contribution in [0, 0.1) is 0 Å². The lowest BCUT2D eigenvalue weighted by Crippen LogP contribution is -2.62. The van der Waals surface area contributed by atoms with E-state index in [0.29, 0.717) is 6.54 Å². The molecule has 2 aliphatic heterocycles. The Kier molecular flexibility index (Phi) is 3.51. The van der Waals surface area contributed by atoms with Gasteiger partial charge in [0.05, 0.1) is 11.1 Å². The number of ether oxygens (including phenoxy) is 1. The molecule has 2 N–H and O–H groups in total. The van der Waals surface area contributed by atoms with Gasteiger partial charge >= 0.3 is 0 Å². The SMILES string of the molecule is CC1(C)CC(CN)(N2CCCc3ccccc32)CCO1. The quantitative estimate of drug-likeness (QED) is 0.901. The van der Waals surface area contributed by atoms with Crippen LogP contribution in [0.3, 0.4) is 0 Å². The lowest BCUT2D eigenvalue weighted by Gasteiger charge is -2.53. The van der Waals surface area contributed by atoms with Gasteiger partial charge in [0.15, 0.2) is 0 Å². The van der Waals surface area contributed by atoms with Gasteiger partial charge in [-0.15, -0.1) is 0 Å². The van der Waals surface area contributed by atoms with Crippen LogP contribution in [0.15, 0.2) is 24.3 Å². The number of anilines is 1. The molecular weight excluding hydrogens is 248 g/mol. The van der Waals surface area contributed by atoms with Crippen LogP contribution in [0.2, 0.25) is 0 Å². The van der Waals surface area contributed by atoms with E-state index in [-0.39, 0.29) is 11.1 Å². The number of hydrogen-bond acceptors (Lipinski definition) is 3. The number of nitrogens with two attached hydrogens (primary N) is 1. The Morgan fingerprint density at radius 2 is 2.10 bits per heavy atom. The van der Waals surface area contributed by atoms with E-state index in [9.17, 15) is 0 Å². The summed E-state index contributed by atoms with van der Waals surface area (Å²) in [6.07, 6.45) is 4.44. The molecule has 3 nitrogen and oxygen atoms in total. The summed E-state index contributed by atoms with van der Waals surface area (Å²) >= 11 is 0. The highest BCUT2D eigenvalue weighted by molar-refractivity contribution is 5.58. The van der Waals surface area contributed by atoms with Crippen LogP contribution in [-0.2, 0) is 11.2 Å². The summed E-state index contributed by atoms with van der Waals surface area (Å²) in [4.78, 5) is 2.58. The van der Waals surface area contributed by atoms with Gasteiger partial charge in [0, 0.05) is 31.8 Å². The molecule has 110 valence electrons. The van der Waals surface area contributed by atoms with Crippen molar-refractivity contribution in [2.24, 2.45) is 5.73 Å². The topological polar surface area (TPSA) is 38.5 Å². The van der Waals surface area contributed by atoms with Crippen molar-refractivity contribution in [3.63, 3.8) is 0 Å². The second-order valence-corrected chi connectivity index (χ2v) is 6.85. The molecule has 0 radical (unpaired) electrons. The van der Waals surface area contributed by atoms with Crippen molar-refractivity contribution >= 4 is 5.69 Å². The molecule has 1 saturated heterocycles. The normalized spacial score (nSPS) is 29.1. The van der Waals surface area contributed by atoms with Crippen molar-refractivity contribution < 1.29 is 4.74 Å². The van der Waals surface area contributed by atoms with Crippen molar-refractivity contribution in [3.8, 4) is 0 Å². The average Bonchev–Trinajstić information content (AvgIpc) is 2.45. The van der Waals surface area contributed by atoms with Crippen molar-refractivity contribution in [1.29, 1.82) is 0 Å². The predicted molar refractivity (Wildman–Crippen MR) is 83.2 cm³/mol. The Balaban J connectivity index is 1.98. The Morgan fingerprint density at radius 3 is 2.85 bits per heavy atom. The molecule has 0 saturated carbocycles. The summed E-state index contributed by atoms with van der Waals surface area (Å²) in [5, 5.41) is 0. The van der Waals surface area contributed by atoms with Crippen molar-refractivity contribution in [2.75, 3.05) is 24.6 Å². The molecule has 1 aromatic carbocycles. The Bertz CT molecular complexity index is 486. The Labute approximate surface area is 122 Å². The molecule has 1 fully saturated rings. The first-order valence-electron chi connectivity index (χ1n) is 7.76. The summed E-state index contributed by atoms with van der Waals surface area (Å²) in [5.74, 6) is 0. The standard InChI is InChI=1S/C17H26N2O/c1-16(2)12-17(13-18,9-11-20-16)19-10-5-7-14-6-3-4-8-15(14)19/h3-4,6,8H,5,7,9-13,18H2,1-2H3. The van der Waals surface area contributed by atoms with Crippen LogP contribution >= 0.6 is 0 Å². The van der Waals surface area contributed by atoms with Gasteiger partial charge in [0.25, 0.3) is 0 Å². The minimum Gasteiger partial charge on any atom is -0.375 e. The zero-order valence-electron chi connectivity index (χ0n) is 12.7. The van der Waals surface area contributed by atoms with Gasteiger partial charge in [-0.25, -0.2) is 0 Å². The zero-order valence-corrected chi connectivity index (χ0v) is 12.7. The Hall–Kier alpha value is -1.06. The largest absolute Gasteiger partial charge is 0.375 e. The van der Waals surface area contributed by atoms with E-state index in [2.05, 4.69) is 43.0 Å². The average molecular weight is 274 g/mol. The maximum atomic E-state index is 6.25. The maximum Gasteiger partial charge on any atom is 0.0649 e. The summed E-state index contributed by atoms with van der Waals surface area (Å²) in [7, 11) is 0. The highest BCUT2D eigenvalue weighted by Gasteiger charge is 2.45. The number of hydrogen-bond donors (Lipinski definition) is 1. The van der Waals surface area contributed by atoms with Crippen LogP contribution in [0.4, 0.5) is 5.69 Å². The number of aryl methyl sites for hydroxylation is 1. The maximum absolute atomic E-state index is 6.25. The molecule has 0 aliphatic carbocycles. The molecule has 2 heterocycles. The van der Waals surface area contributed by atoms with Gasteiger partial charge in [-0.05, 0) is 44.7 Å². The van der Waals surface area contributed by atoms with E-state index in [4.69, 9.17) is 10.5 Å². The van der Waals surface area contributed by atoms with Crippen LogP contribution in [0.1, 0.15) is 38.7 Å². The molecule has 3 heteroatoms.